The molecule has 1 spiro atoms. The number of carbonyl (C=O) groups is 2. The minimum absolute atomic E-state index is 0.0923. The van der Waals surface area contributed by atoms with Crippen molar-refractivity contribution in [2.45, 2.75) is 75.8 Å². The molecule has 0 aromatic heterocycles. The SMILES string of the molecule is C=CCN1C(=O)[C@]2(O[C@H](CCO)[C@@H]([Si](C)(C)F)[C@@H]2C)c2cc(N3CCCCCCC3=O)ccc21. The quantitative estimate of drug-likeness (QED) is 0.359. The fraction of sp³-hybridized carbons (Fsp3) is 0.615. The summed E-state index contributed by atoms with van der Waals surface area (Å²) in [6.45, 7) is 9.85. The van der Waals surface area contributed by atoms with Crippen LogP contribution in [0.3, 0.4) is 0 Å². The van der Waals surface area contributed by atoms with E-state index in [-0.39, 0.29) is 24.8 Å². The zero-order chi connectivity index (χ0) is 24.7. The number of anilines is 2. The van der Waals surface area contributed by atoms with Crippen molar-refractivity contribution < 1.29 is 23.5 Å². The first kappa shape index (κ1) is 25.1. The van der Waals surface area contributed by atoms with Gasteiger partial charge < -0.3 is 23.8 Å². The summed E-state index contributed by atoms with van der Waals surface area (Å²) in [6.07, 6.45) is 5.91. The van der Waals surface area contributed by atoms with Gasteiger partial charge in [0.15, 0.2) is 5.60 Å². The molecule has 0 aliphatic carbocycles. The average molecular weight is 489 g/mol. The first-order valence-electron chi connectivity index (χ1n) is 12.5. The van der Waals surface area contributed by atoms with E-state index in [1.165, 1.54) is 0 Å². The Morgan fingerprint density at radius 2 is 2.00 bits per heavy atom. The van der Waals surface area contributed by atoms with E-state index in [2.05, 4.69) is 6.58 Å². The molecule has 1 N–H and O–H groups in total. The molecule has 0 radical (unpaired) electrons. The van der Waals surface area contributed by atoms with Crippen LogP contribution in [0.1, 0.15) is 51.0 Å². The third kappa shape index (κ3) is 4.03. The Kier molecular flexibility index (Phi) is 7.04. The lowest BCUT2D eigenvalue weighted by Crippen LogP contribution is -2.45. The van der Waals surface area contributed by atoms with Gasteiger partial charge in [-0.2, -0.15) is 0 Å². The van der Waals surface area contributed by atoms with E-state index in [4.69, 9.17) is 4.74 Å². The van der Waals surface area contributed by atoms with E-state index < -0.39 is 31.6 Å². The van der Waals surface area contributed by atoms with Crippen LogP contribution in [0.4, 0.5) is 15.5 Å². The molecule has 3 heterocycles. The predicted molar refractivity (Wildman–Crippen MR) is 134 cm³/mol. The second-order valence-corrected chi connectivity index (χ2v) is 14.2. The molecule has 1 aromatic rings. The van der Waals surface area contributed by atoms with Crippen molar-refractivity contribution in [3.63, 3.8) is 0 Å². The summed E-state index contributed by atoms with van der Waals surface area (Å²) in [5.74, 6) is -0.528. The summed E-state index contributed by atoms with van der Waals surface area (Å²) in [4.78, 5) is 30.4. The van der Waals surface area contributed by atoms with Crippen molar-refractivity contribution >= 4 is 31.6 Å². The van der Waals surface area contributed by atoms with Crippen molar-refractivity contribution in [3.05, 3.63) is 36.4 Å². The number of benzene rings is 1. The highest BCUT2D eigenvalue weighted by Gasteiger charge is 2.66. The maximum absolute atomic E-state index is 15.6. The Hall–Kier alpha value is -2.03. The molecule has 6 nitrogen and oxygen atoms in total. The monoisotopic (exact) mass is 488 g/mol. The van der Waals surface area contributed by atoms with Gasteiger partial charge >= 0.3 is 0 Å². The van der Waals surface area contributed by atoms with Crippen LogP contribution in [0, 0.1) is 5.92 Å². The van der Waals surface area contributed by atoms with Gasteiger partial charge in [-0.1, -0.05) is 25.8 Å². The smallest absolute Gasteiger partial charge is 0.264 e. The van der Waals surface area contributed by atoms with Crippen molar-refractivity contribution in [3.8, 4) is 0 Å². The van der Waals surface area contributed by atoms with Crippen molar-refractivity contribution in [2.24, 2.45) is 5.92 Å². The van der Waals surface area contributed by atoms with Gasteiger partial charge in [-0.15, -0.1) is 6.58 Å². The lowest BCUT2D eigenvalue weighted by molar-refractivity contribution is -0.146. The van der Waals surface area contributed by atoms with E-state index in [1.54, 1.807) is 24.1 Å². The highest BCUT2D eigenvalue weighted by Crippen LogP contribution is 2.60. The number of nitrogens with zero attached hydrogens (tertiary/aromatic N) is 2. The number of fused-ring (bicyclic) bond motifs is 2. The molecule has 4 atom stereocenters. The number of amides is 2. The van der Waals surface area contributed by atoms with Crippen molar-refractivity contribution in [1.82, 2.24) is 0 Å². The van der Waals surface area contributed by atoms with Gasteiger partial charge in [-0.3, -0.25) is 9.59 Å². The number of halogens is 1. The predicted octanol–water partition coefficient (Wildman–Crippen LogP) is 4.67. The molecule has 0 bridgehead atoms. The second kappa shape index (κ2) is 9.55. The highest BCUT2D eigenvalue weighted by atomic mass is 28.4. The number of ether oxygens (including phenoxy) is 1. The number of aliphatic hydroxyl groups excluding tert-OH is 1. The Bertz CT molecular complexity index is 965. The molecule has 4 rings (SSSR count). The van der Waals surface area contributed by atoms with Crippen LogP contribution < -0.4 is 9.80 Å². The van der Waals surface area contributed by atoms with Gasteiger partial charge in [0.05, 0.1) is 11.8 Å². The molecule has 3 aliphatic heterocycles. The molecular formula is C26H37FN2O4Si. The van der Waals surface area contributed by atoms with Crippen LogP contribution in [-0.2, 0) is 19.9 Å². The van der Waals surface area contributed by atoms with E-state index in [9.17, 15) is 14.7 Å². The molecule has 3 aliphatic rings. The highest BCUT2D eigenvalue weighted by molar-refractivity contribution is 6.72. The molecule has 0 saturated carbocycles. The number of rotatable bonds is 6. The van der Waals surface area contributed by atoms with Crippen molar-refractivity contribution in [2.75, 3.05) is 29.5 Å². The molecule has 2 amide bonds. The van der Waals surface area contributed by atoms with Gasteiger partial charge in [-0.05, 0) is 50.6 Å². The zero-order valence-electron chi connectivity index (χ0n) is 20.6. The number of hydrogen-bond donors (Lipinski definition) is 1. The van der Waals surface area contributed by atoms with Gasteiger partial charge in [0, 0.05) is 48.8 Å². The number of hydrogen-bond acceptors (Lipinski definition) is 4. The first-order valence-corrected chi connectivity index (χ1v) is 15.5. The van der Waals surface area contributed by atoms with Crippen LogP contribution in [0.25, 0.3) is 0 Å². The zero-order valence-corrected chi connectivity index (χ0v) is 21.6. The van der Waals surface area contributed by atoms with Crippen LogP contribution in [0.15, 0.2) is 30.9 Å². The maximum atomic E-state index is 15.6. The van der Waals surface area contributed by atoms with Crippen LogP contribution in [0.2, 0.25) is 18.6 Å². The molecule has 2 fully saturated rings. The summed E-state index contributed by atoms with van der Waals surface area (Å²) < 4.78 is 22.1. The molecular weight excluding hydrogens is 451 g/mol. The normalized spacial score (nSPS) is 30.0. The lowest BCUT2D eigenvalue weighted by atomic mass is 9.82. The fourth-order valence-electron chi connectivity index (χ4n) is 6.34. The summed E-state index contributed by atoms with van der Waals surface area (Å²) in [5, 5.41) is 9.68. The molecule has 0 unspecified atom stereocenters. The standard InChI is InChI=1S/C26H37FN2O4Si/c1-5-14-29-21-12-11-19(28-15-9-7-6-8-10-23(28)31)17-20(21)26(25(29)32)18(2)24(34(3,4)27)22(33-26)13-16-30/h5,11-12,17-18,22,24,30H,1,6-10,13-16H2,2-4H3/t18-,22+,24-,26+/m0/s1. The number of aliphatic hydroxyl groups is 1. The third-order valence-corrected chi connectivity index (χ3v) is 10.3. The maximum Gasteiger partial charge on any atom is 0.264 e. The second-order valence-electron chi connectivity index (χ2n) is 10.4. The van der Waals surface area contributed by atoms with Crippen LogP contribution >= 0.6 is 0 Å². The third-order valence-electron chi connectivity index (χ3n) is 7.80. The van der Waals surface area contributed by atoms with Crippen LogP contribution in [0.5, 0.6) is 0 Å². The first-order chi connectivity index (χ1) is 16.2. The largest absolute Gasteiger partial charge is 0.396 e. The van der Waals surface area contributed by atoms with Gasteiger partial charge in [0.1, 0.15) is 0 Å². The van der Waals surface area contributed by atoms with Gasteiger partial charge in [-0.25, -0.2) is 0 Å². The molecule has 34 heavy (non-hydrogen) atoms. The summed E-state index contributed by atoms with van der Waals surface area (Å²) >= 11 is 0. The summed E-state index contributed by atoms with van der Waals surface area (Å²) in [7, 11) is -3.23. The van der Waals surface area contributed by atoms with E-state index in [1.807, 2.05) is 30.0 Å². The molecule has 1 aromatic carbocycles. The Morgan fingerprint density at radius 1 is 1.26 bits per heavy atom. The van der Waals surface area contributed by atoms with Gasteiger partial charge in [0.25, 0.3) is 5.91 Å². The summed E-state index contributed by atoms with van der Waals surface area (Å²) in [5.41, 5.74) is 0.408. The van der Waals surface area contributed by atoms with Crippen molar-refractivity contribution in [1.29, 1.82) is 0 Å². The molecule has 186 valence electrons. The Labute approximate surface area is 202 Å². The molecule has 2 saturated heterocycles. The van der Waals surface area contributed by atoms with E-state index in [0.717, 1.165) is 37.1 Å². The minimum atomic E-state index is -3.23. The van der Waals surface area contributed by atoms with E-state index in [0.29, 0.717) is 25.1 Å². The summed E-state index contributed by atoms with van der Waals surface area (Å²) in [6, 6.07) is 5.70. The molecule has 8 heteroatoms. The fourth-order valence-corrected chi connectivity index (χ4v) is 8.89. The van der Waals surface area contributed by atoms with E-state index >= 15 is 4.11 Å². The lowest BCUT2D eigenvalue weighted by Gasteiger charge is -2.31. The topological polar surface area (TPSA) is 70.1 Å². The van der Waals surface area contributed by atoms with Gasteiger partial charge in [0.2, 0.25) is 14.3 Å². The minimum Gasteiger partial charge on any atom is -0.396 e. The average Bonchev–Trinajstić information content (AvgIpc) is 3.18. The Balaban J connectivity index is 1.84. The Morgan fingerprint density at radius 3 is 2.68 bits per heavy atom. The number of carbonyl (C=O) groups excluding carboxylic acids is 2. The van der Waals surface area contributed by atoms with Crippen LogP contribution in [-0.4, -0.2) is 51.1 Å².